The molecule has 0 aliphatic heterocycles. The summed E-state index contributed by atoms with van der Waals surface area (Å²) in [6.45, 7) is 2.79. The molecule has 2 aromatic rings. The van der Waals surface area contributed by atoms with Crippen molar-refractivity contribution in [2.75, 3.05) is 19.7 Å². The van der Waals surface area contributed by atoms with Gasteiger partial charge in [0.05, 0.1) is 5.92 Å². The highest BCUT2D eigenvalue weighted by atomic mass is 16.5. The number of carbonyl (C=O) groups excluding carboxylic acids is 2. The Balaban J connectivity index is 1.15. The molecule has 1 unspecified atom stereocenters. The molecule has 2 aromatic carbocycles. The molecule has 2 aliphatic carbocycles. The molecule has 1 saturated carbocycles. The van der Waals surface area contributed by atoms with E-state index in [0.29, 0.717) is 31.9 Å². The molecule has 0 radical (unpaired) electrons. The van der Waals surface area contributed by atoms with Crippen molar-refractivity contribution in [2.24, 2.45) is 17.8 Å². The lowest BCUT2D eigenvalue weighted by Crippen LogP contribution is -2.39. The molecule has 7 heteroatoms. The van der Waals surface area contributed by atoms with E-state index in [9.17, 15) is 14.4 Å². The van der Waals surface area contributed by atoms with Gasteiger partial charge in [-0.05, 0) is 53.4 Å². The van der Waals surface area contributed by atoms with Crippen LogP contribution in [0.15, 0.2) is 48.5 Å². The molecule has 180 valence electrons. The van der Waals surface area contributed by atoms with Crippen LogP contribution in [0.2, 0.25) is 0 Å². The number of rotatable bonds is 10. The van der Waals surface area contributed by atoms with Crippen molar-refractivity contribution in [2.45, 2.75) is 38.5 Å². The Morgan fingerprint density at radius 3 is 2.18 bits per heavy atom. The predicted molar refractivity (Wildman–Crippen MR) is 128 cm³/mol. The van der Waals surface area contributed by atoms with E-state index in [4.69, 9.17) is 9.84 Å². The van der Waals surface area contributed by atoms with Crippen LogP contribution in [0.5, 0.6) is 0 Å². The fraction of sp³-hybridized carbons (Fsp3) is 0.444. The smallest absolute Gasteiger partial charge is 0.407 e. The summed E-state index contributed by atoms with van der Waals surface area (Å²) in [5.74, 6) is -0.879. The molecule has 7 nitrogen and oxygen atoms in total. The van der Waals surface area contributed by atoms with Crippen LogP contribution < -0.4 is 10.6 Å². The van der Waals surface area contributed by atoms with Crippen molar-refractivity contribution in [3.8, 4) is 11.1 Å². The Hall–Kier alpha value is -3.35. The highest BCUT2D eigenvalue weighted by molar-refractivity contribution is 5.79. The third-order valence-electron chi connectivity index (χ3n) is 7.07. The van der Waals surface area contributed by atoms with Gasteiger partial charge in [-0.3, -0.25) is 9.59 Å². The van der Waals surface area contributed by atoms with Crippen LogP contribution in [-0.4, -0.2) is 42.8 Å². The summed E-state index contributed by atoms with van der Waals surface area (Å²) in [5.41, 5.74) is 4.77. The molecule has 3 N–H and O–H groups in total. The van der Waals surface area contributed by atoms with Crippen LogP contribution in [-0.2, 0) is 14.3 Å². The number of benzene rings is 2. The lowest BCUT2D eigenvalue weighted by molar-refractivity contribution is -0.141. The van der Waals surface area contributed by atoms with Gasteiger partial charge in [0.15, 0.2) is 0 Å². The first-order chi connectivity index (χ1) is 16.5. The number of ether oxygens (including phenoxy) is 1. The number of carbonyl (C=O) groups is 3. The minimum atomic E-state index is -0.884. The van der Waals surface area contributed by atoms with E-state index < -0.39 is 18.0 Å². The second-order valence-electron chi connectivity index (χ2n) is 9.36. The molecule has 34 heavy (non-hydrogen) atoms. The summed E-state index contributed by atoms with van der Waals surface area (Å²) in [6, 6.07) is 16.5. The highest BCUT2D eigenvalue weighted by Gasteiger charge is 2.32. The molecule has 1 atom stereocenters. The lowest BCUT2D eigenvalue weighted by Gasteiger charge is -2.35. The van der Waals surface area contributed by atoms with Crippen molar-refractivity contribution < 1.29 is 24.2 Å². The summed E-state index contributed by atoms with van der Waals surface area (Å²) in [6.07, 6.45) is 2.21. The minimum absolute atomic E-state index is 0.0400. The van der Waals surface area contributed by atoms with E-state index in [0.717, 1.165) is 12.8 Å². The van der Waals surface area contributed by atoms with Crippen molar-refractivity contribution in [3.63, 3.8) is 0 Å². The van der Waals surface area contributed by atoms with Gasteiger partial charge >= 0.3 is 12.1 Å². The maximum atomic E-state index is 12.3. The Kier molecular flexibility index (Phi) is 7.50. The van der Waals surface area contributed by atoms with Crippen molar-refractivity contribution in [3.05, 3.63) is 59.7 Å². The van der Waals surface area contributed by atoms with Gasteiger partial charge in [0, 0.05) is 25.4 Å². The zero-order valence-corrected chi connectivity index (χ0v) is 19.5. The Labute approximate surface area is 199 Å². The number of carboxylic acids is 1. The number of aliphatic carboxylic acids is 1. The standard InChI is InChI=1S/C27H32N2O5/c1-2-19(26(31)32)15-28-25(30)13-17-11-18(12-17)14-29-27(33)34-16-24-22-9-5-3-7-20(22)21-8-4-6-10-23(21)24/h3-10,17-19,24H,2,11-16H2,1H3,(H,28,30)(H,29,33)(H,31,32). The number of hydrogen-bond donors (Lipinski definition) is 3. The van der Waals surface area contributed by atoms with Crippen LogP contribution >= 0.6 is 0 Å². The monoisotopic (exact) mass is 464 g/mol. The molecule has 0 spiro atoms. The van der Waals surface area contributed by atoms with E-state index in [2.05, 4.69) is 34.9 Å². The fourth-order valence-electron chi connectivity index (χ4n) is 5.06. The van der Waals surface area contributed by atoms with Gasteiger partial charge in [-0.15, -0.1) is 0 Å². The van der Waals surface area contributed by atoms with Gasteiger partial charge in [0.1, 0.15) is 6.61 Å². The third-order valence-corrected chi connectivity index (χ3v) is 7.07. The first-order valence-corrected chi connectivity index (χ1v) is 12.0. The van der Waals surface area contributed by atoms with Crippen molar-refractivity contribution in [1.29, 1.82) is 0 Å². The van der Waals surface area contributed by atoms with Crippen molar-refractivity contribution >= 4 is 18.0 Å². The predicted octanol–water partition coefficient (Wildman–Crippen LogP) is 4.17. The molecular weight excluding hydrogens is 432 g/mol. The highest BCUT2D eigenvalue weighted by Crippen LogP contribution is 2.44. The minimum Gasteiger partial charge on any atom is -0.481 e. The van der Waals surface area contributed by atoms with E-state index in [1.807, 2.05) is 24.3 Å². The zero-order chi connectivity index (χ0) is 24.1. The van der Waals surface area contributed by atoms with E-state index in [1.165, 1.54) is 22.3 Å². The SMILES string of the molecule is CCC(CNC(=O)CC1CC(CNC(=O)OCC2c3ccccc3-c3ccccc32)C1)C(=O)O. The van der Waals surface area contributed by atoms with Crippen LogP contribution in [0.4, 0.5) is 4.79 Å². The van der Waals surface area contributed by atoms with Crippen LogP contribution in [0.3, 0.4) is 0 Å². The number of amides is 2. The van der Waals surface area contributed by atoms with Gasteiger partial charge < -0.3 is 20.5 Å². The quantitative estimate of drug-likeness (QED) is 0.490. The first kappa shape index (κ1) is 23.8. The number of fused-ring (bicyclic) bond motifs is 3. The second kappa shape index (κ2) is 10.7. The molecule has 4 rings (SSSR count). The Morgan fingerprint density at radius 1 is 0.971 bits per heavy atom. The summed E-state index contributed by atoms with van der Waals surface area (Å²) in [4.78, 5) is 35.4. The molecule has 0 bridgehead atoms. The van der Waals surface area contributed by atoms with E-state index >= 15 is 0 Å². The van der Waals surface area contributed by atoms with Gasteiger partial charge in [-0.2, -0.15) is 0 Å². The number of carboxylic acid groups (broad SMARTS) is 1. The van der Waals surface area contributed by atoms with Gasteiger partial charge in [-0.25, -0.2) is 4.79 Å². The molecule has 2 amide bonds. The molecule has 0 heterocycles. The maximum Gasteiger partial charge on any atom is 0.407 e. The van der Waals surface area contributed by atoms with E-state index in [1.54, 1.807) is 6.92 Å². The largest absolute Gasteiger partial charge is 0.481 e. The Morgan fingerprint density at radius 2 is 1.59 bits per heavy atom. The zero-order valence-electron chi connectivity index (χ0n) is 19.5. The molecule has 0 aromatic heterocycles. The summed E-state index contributed by atoms with van der Waals surface area (Å²) >= 11 is 0. The summed E-state index contributed by atoms with van der Waals surface area (Å²) in [5, 5.41) is 14.6. The molecule has 0 saturated heterocycles. The normalized spacial score (nSPS) is 19.3. The summed E-state index contributed by atoms with van der Waals surface area (Å²) < 4.78 is 5.57. The molecular formula is C27H32N2O5. The molecule has 2 aliphatic rings. The fourth-order valence-corrected chi connectivity index (χ4v) is 5.06. The number of hydrogen-bond acceptors (Lipinski definition) is 4. The number of nitrogens with one attached hydrogen (secondary N) is 2. The van der Waals surface area contributed by atoms with Crippen molar-refractivity contribution in [1.82, 2.24) is 10.6 Å². The number of alkyl carbamates (subject to hydrolysis) is 1. The van der Waals surface area contributed by atoms with Crippen LogP contribution in [0, 0.1) is 17.8 Å². The maximum absolute atomic E-state index is 12.3. The average Bonchev–Trinajstić information content (AvgIpc) is 3.13. The topological polar surface area (TPSA) is 105 Å². The van der Waals surface area contributed by atoms with E-state index in [-0.39, 0.29) is 24.3 Å². The van der Waals surface area contributed by atoms with Crippen LogP contribution in [0.1, 0.15) is 49.7 Å². The average molecular weight is 465 g/mol. The van der Waals surface area contributed by atoms with Gasteiger partial charge in [0.2, 0.25) is 5.91 Å². The summed E-state index contributed by atoms with van der Waals surface area (Å²) in [7, 11) is 0. The third kappa shape index (κ3) is 5.41. The van der Waals surface area contributed by atoms with Gasteiger partial charge in [-0.1, -0.05) is 55.5 Å². The first-order valence-electron chi connectivity index (χ1n) is 12.0. The van der Waals surface area contributed by atoms with Crippen LogP contribution in [0.25, 0.3) is 11.1 Å². The second-order valence-corrected chi connectivity index (χ2v) is 9.36. The molecule has 1 fully saturated rings. The lowest BCUT2D eigenvalue weighted by atomic mass is 9.73. The van der Waals surface area contributed by atoms with Gasteiger partial charge in [0.25, 0.3) is 0 Å². The Bertz CT molecular complexity index is 1000.